The van der Waals surface area contributed by atoms with Crippen molar-refractivity contribution in [2.75, 3.05) is 11.7 Å². The third kappa shape index (κ3) is 6.55. The van der Waals surface area contributed by atoms with Crippen molar-refractivity contribution in [1.82, 2.24) is 0 Å². The summed E-state index contributed by atoms with van der Waals surface area (Å²) in [6.45, 7) is 8.99. The van der Waals surface area contributed by atoms with Crippen molar-refractivity contribution < 1.29 is 24.6 Å². The number of hydrogen-bond acceptors (Lipinski definition) is 5. The fraction of sp³-hybridized carbons (Fsp3) is 0.750. The number of fused-ring (bicyclic) bond motifs is 1. The molecule has 1 aromatic carbocycles. The molecule has 214 valence electrons. The minimum absolute atomic E-state index is 0.0534. The molecule has 3 unspecified atom stereocenters. The molecule has 2 fully saturated rings. The average Bonchev–Trinajstić information content (AvgIpc) is 3.39. The number of aromatic hydroxyl groups is 1. The molecule has 6 heteroatoms. The Kier molecular flexibility index (Phi) is 11.1. The van der Waals surface area contributed by atoms with E-state index in [-0.39, 0.29) is 34.3 Å². The molecule has 38 heavy (non-hydrogen) atoms. The molecule has 2 aliphatic carbocycles. The minimum atomic E-state index is -1.18. The predicted octanol–water partition coefficient (Wildman–Crippen LogP) is 8.31. The van der Waals surface area contributed by atoms with Gasteiger partial charge in [0, 0.05) is 23.3 Å². The Balaban J connectivity index is 1.52. The Morgan fingerprint density at radius 2 is 1.50 bits per heavy atom. The van der Waals surface area contributed by atoms with Crippen LogP contribution < -0.4 is 5.06 Å². The lowest BCUT2D eigenvalue weighted by atomic mass is 9.84. The zero-order valence-corrected chi connectivity index (χ0v) is 24.3. The van der Waals surface area contributed by atoms with Gasteiger partial charge in [-0.1, -0.05) is 105 Å². The number of Topliss-reactive ketones (excluding diaryl/α,β-unsaturated/α-hetero) is 1. The monoisotopic (exact) mass is 529 g/mol. The number of benzene rings is 1. The Labute approximate surface area is 230 Å². The number of aromatic carboxylic acids is 1. The number of hydrogen-bond donors (Lipinski definition) is 2. The van der Waals surface area contributed by atoms with Crippen molar-refractivity contribution in [2.24, 2.45) is 17.3 Å². The number of carbonyl (C=O) groups is 2. The van der Waals surface area contributed by atoms with E-state index in [1.807, 2.05) is 6.92 Å². The molecule has 0 radical (unpaired) electrons. The van der Waals surface area contributed by atoms with E-state index in [1.54, 1.807) is 11.1 Å². The Morgan fingerprint density at radius 1 is 0.947 bits per heavy atom. The molecule has 0 spiro atoms. The molecule has 0 aliphatic heterocycles. The number of hydroxylamine groups is 1. The van der Waals surface area contributed by atoms with E-state index in [2.05, 4.69) is 20.8 Å². The van der Waals surface area contributed by atoms with E-state index in [4.69, 9.17) is 4.84 Å². The van der Waals surface area contributed by atoms with E-state index in [0.29, 0.717) is 12.3 Å². The number of anilines is 1. The smallest absolute Gasteiger partial charge is 0.339 e. The highest BCUT2D eigenvalue weighted by Gasteiger charge is 2.80. The molecule has 2 N–H and O–H groups in total. The highest BCUT2D eigenvalue weighted by molar-refractivity contribution is 6.00. The molecular weight excluding hydrogens is 478 g/mol. The van der Waals surface area contributed by atoms with Gasteiger partial charge in [0.05, 0.1) is 12.3 Å². The molecule has 0 bridgehead atoms. The average molecular weight is 530 g/mol. The summed E-state index contributed by atoms with van der Waals surface area (Å²) in [7, 11) is 0. The Bertz CT molecular complexity index is 928. The summed E-state index contributed by atoms with van der Waals surface area (Å²) < 4.78 is 0. The molecule has 6 nitrogen and oxygen atoms in total. The van der Waals surface area contributed by atoms with Crippen LogP contribution in [0.4, 0.5) is 5.69 Å². The van der Waals surface area contributed by atoms with Gasteiger partial charge in [0.1, 0.15) is 16.9 Å². The van der Waals surface area contributed by atoms with Gasteiger partial charge in [-0.25, -0.2) is 9.86 Å². The number of rotatable bonds is 18. The normalized spacial score (nSPS) is 23.7. The number of carbonyl (C=O) groups excluding carboxylic acids is 1. The van der Waals surface area contributed by atoms with E-state index in [1.165, 1.54) is 82.8 Å². The van der Waals surface area contributed by atoms with E-state index in [9.17, 15) is 19.8 Å². The first-order valence-electron chi connectivity index (χ1n) is 15.2. The van der Waals surface area contributed by atoms with Crippen LogP contribution in [0.3, 0.4) is 0 Å². The molecule has 3 rings (SSSR count). The first kappa shape index (κ1) is 30.5. The van der Waals surface area contributed by atoms with Gasteiger partial charge in [0.2, 0.25) is 0 Å². The second-order valence-electron chi connectivity index (χ2n) is 12.3. The molecule has 3 atom stereocenters. The van der Waals surface area contributed by atoms with Crippen molar-refractivity contribution in [2.45, 2.75) is 130 Å². The number of ketones is 1. The molecule has 1 aromatic rings. The quantitative estimate of drug-likeness (QED) is 0.147. The van der Waals surface area contributed by atoms with Crippen LogP contribution >= 0.6 is 0 Å². The van der Waals surface area contributed by atoms with Crippen molar-refractivity contribution >= 4 is 17.4 Å². The van der Waals surface area contributed by atoms with Crippen LogP contribution in [0.5, 0.6) is 5.75 Å². The maximum atomic E-state index is 13.6. The number of carboxylic acids is 1. The van der Waals surface area contributed by atoms with Gasteiger partial charge in [-0.15, -0.1) is 0 Å². The SMILES string of the molecule is CCCCCCCCCCCCCCCON(c1ccc(C(=O)O)c(O)c1)C12C(=O)C(C)CCC1C2(C)C. The van der Waals surface area contributed by atoms with Crippen LogP contribution in [-0.4, -0.2) is 34.1 Å². The topological polar surface area (TPSA) is 87.1 Å². The third-order valence-corrected chi connectivity index (χ3v) is 9.22. The highest BCUT2D eigenvalue weighted by Crippen LogP contribution is 2.70. The molecule has 0 saturated heterocycles. The summed E-state index contributed by atoms with van der Waals surface area (Å²) in [4.78, 5) is 31.5. The highest BCUT2D eigenvalue weighted by atomic mass is 16.7. The maximum Gasteiger partial charge on any atom is 0.339 e. The van der Waals surface area contributed by atoms with Crippen molar-refractivity contribution in [1.29, 1.82) is 0 Å². The van der Waals surface area contributed by atoms with Gasteiger partial charge in [0.15, 0.2) is 5.78 Å². The summed E-state index contributed by atoms with van der Waals surface area (Å²) in [5.74, 6) is -1.19. The number of nitrogens with zero attached hydrogens (tertiary/aromatic N) is 1. The summed E-state index contributed by atoms with van der Waals surface area (Å²) in [6, 6.07) is 4.48. The summed E-state index contributed by atoms with van der Waals surface area (Å²) in [5.41, 5.74) is -0.650. The fourth-order valence-corrected chi connectivity index (χ4v) is 6.81. The summed E-state index contributed by atoms with van der Waals surface area (Å²) in [5, 5.41) is 21.5. The first-order chi connectivity index (χ1) is 18.2. The summed E-state index contributed by atoms with van der Waals surface area (Å²) in [6.07, 6.45) is 18.4. The van der Waals surface area contributed by atoms with Crippen LogP contribution in [0.2, 0.25) is 0 Å². The Morgan fingerprint density at radius 3 is 2.03 bits per heavy atom. The van der Waals surface area contributed by atoms with Crippen LogP contribution in [0, 0.1) is 17.3 Å². The zero-order chi connectivity index (χ0) is 27.8. The summed E-state index contributed by atoms with van der Waals surface area (Å²) >= 11 is 0. The van der Waals surface area contributed by atoms with Gasteiger partial charge < -0.3 is 10.2 Å². The van der Waals surface area contributed by atoms with E-state index < -0.39 is 11.5 Å². The van der Waals surface area contributed by atoms with E-state index in [0.717, 1.165) is 25.7 Å². The first-order valence-corrected chi connectivity index (χ1v) is 15.2. The van der Waals surface area contributed by atoms with Crippen LogP contribution in [0.1, 0.15) is 134 Å². The fourth-order valence-electron chi connectivity index (χ4n) is 6.81. The lowest BCUT2D eigenvalue weighted by molar-refractivity contribution is -0.130. The standard InChI is InChI=1S/C32H51NO5/c1-5-6-7-8-9-10-11-12-13-14-15-16-17-22-38-33(25-19-20-26(30(36)37)27(34)23-25)32-28(31(32,3)4)21-18-24(2)29(32)35/h19-20,23-24,28,34H,5-18,21-22H2,1-4H3,(H,36,37). The number of unbranched alkanes of at least 4 members (excludes halogenated alkanes) is 12. The molecular formula is C32H51NO5. The zero-order valence-electron chi connectivity index (χ0n) is 24.3. The van der Waals surface area contributed by atoms with Crippen LogP contribution in [0.15, 0.2) is 18.2 Å². The third-order valence-electron chi connectivity index (χ3n) is 9.22. The van der Waals surface area contributed by atoms with Gasteiger partial charge in [-0.2, -0.15) is 0 Å². The van der Waals surface area contributed by atoms with Crippen molar-refractivity contribution in [3.05, 3.63) is 23.8 Å². The second kappa shape index (κ2) is 13.8. The maximum absolute atomic E-state index is 13.6. The van der Waals surface area contributed by atoms with Gasteiger partial charge in [0.25, 0.3) is 0 Å². The molecule has 2 saturated carbocycles. The van der Waals surface area contributed by atoms with E-state index >= 15 is 0 Å². The number of carboxylic acid groups (broad SMARTS) is 1. The van der Waals surface area contributed by atoms with Crippen LogP contribution in [0.25, 0.3) is 0 Å². The lowest BCUT2D eigenvalue weighted by Gasteiger charge is -2.38. The Hall–Kier alpha value is -2.08. The molecule has 2 aliphatic rings. The van der Waals surface area contributed by atoms with Gasteiger partial charge in [-0.05, 0) is 31.4 Å². The van der Waals surface area contributed by atoms with Gasteiger partial charge in [-0.3, -0.25) is 9.63 Å². The second-order valence-corrected chi connectivity index (χ2v) is 12.3. The van der Waals surface area contributed by atoms with Gasteiger partial charge >= 0.3 is 5.97 Å². The predicted molar refractivity (Wildman–Crippen MR) is 153 cm³/mol. The number of phenols is 1. The molecule has 0 heterocycles. The molecule has 0 amide bonds. The van der Waals surface area contributed by atoms with Crippen molar-refractivity contribution in [3.8, 4) is 5.75 Å². The van der Waals surface area contributed by atoms with Crippen LogP contribution in [-0.2, 0) is 9.63 Å². The lowest BCUT2D eigenvalue weighted by Crippen LogP contribution is -2.52. The van der Waals surface area contributed by atoms with Crippen molar-refractivity contribution in [3.63, 3.8) is 0 Å². The largest absolute Gasteiger partial charge is 0.507 e. The molecule has 0 aromatic heterocycles. The minimum Gasteiger partial charge on any atom is -0.507 e.